The fourth-order valence-electron chi connectivity index (χ4n) is 3.01. The van der Waals surface area contributed by atoms with Crippen LogP contribution in [0, 0.1) is 0 Å². The molecule has 1 unspecified atom stereocenters. The Balaban J connectivity index is 1.77. The molecule has 1 amide bonds. The lowest BCUT2D eigenvalue weighted by molar-refractivity contribution is 0.0709. The van der Waals surface area contributed by atoms with E-state index in [-0.39, 0.29) is 16.8 Å². The molecule has 144 valence electrons. The molecule has 1 atom stereocenters. The van der Waals surface area contributed by atoms with E-state index in [9.17, 15) is 13.2 Å². The van der Waals surface area contributed by atoms with Crippen molar-refractivity contribution in [2.75, 3.05) is 31.5 Å². The van der Waals surface area contributed by atoms with Crippen molar-refractivity contribution in [3.8, 4) is 5.75 Å². The molecule has 1 saturated heterocycles. The van der Waals surface area contributed by atoms with Crippen LogP contribution in [0.2, 0.25) is 0 Å². The zero-order valence-corrected chi connectivity index (χ0v) is 16.1. The summed E-state index contributed by atoms with van der Waals surface area (Å²) < 4.78 is 32.9. The first-order chi connectivity index (χ1) is 12.9. The predicted octanol–water partition coefficient (Wildman–Crippen LogP) is 1.93. The van der Waals surface area contributed by atoms with Crippen LogP contribution in [0.15, 0.2) is 53.4 Å². The van der Waals surface area contributed by atoms with Gasteiger partial charge in [0, 0.05) is 31.2 Å². The van der Waals surface area contributed by atoms with Gasteiger partial charge in [-0.25, -0.2) is 8.42 Å². The molecule has 0 radical (unpaired) electrons. The average Bonchev–Trinajstić information content (AvgIpc) is 2.67. The second-order valence-corrected chi connectivity index (χ2v) is 8.12. The minimum absolute atomic E-state index is 0.0821. The number of carbonyl (C=O) groups is 1. The van der Waals surface area contributed by atoms with Crippen molar-refractivity contribution < 1.29 is 17.9 Å². The first-order valence-corrected chi connectivity index (χ1v) is 10.2. The molecule has 1 fully saturated rings. The van der Waals surface area contributed by atoms with Crippen LogP contribution in [0.1, 0.15) is 17.3 Å². The Morgan fingerprint density at radius 1 is 1.19 bits per heavy atom. The van der Waals surface area contributed by atoms with Crippen LogP contribution in [0.4, 0.5) is 5.69 Å². The van der Waals surface area contributed by atoms with Crippen LogP contribution in [0.3, 0.4) is 0 Å². The van der Waals surface area contributed by atoms with Crippen molar-refractivity contribution in [2.24, 2.45) is 0 Å². The van der Waals surface area contributed by atoms with Gasteiger partial charge in [0.2, 0.25) is 0 Å². The van der Waals surface area contributed by atoms with Gasteiger partial charge in [0.05, 0.1) is 17.7 Å². The summed E-state index contributed by atoms with van der Waals surface area (Å²) in [4.78, 5) is 14.5. The maximum atomic E-state index is 12.6. The third-order valence-corrected chi connectivity index (χ3v) is 5.80. The van der Waals surface area contributed by atoms with Gasteiger partial charge in [0.25, 0.3) is 15.9 Å². The second kappa shape index (κ2) is 7.98. The topological polar surface area (TPSA) is 87.7 Å². The smallest absolute Gasteiger partial charge is 0.262 e. The predicted molar refractivity (Wildman–Crippen MR) is 104 cm³/mol. The van der Waals surface area contributed by atoms with E-state index in [1.165, 1.54) is 19.2 Å². The molecule has 2 N–H and O–H groups in total. The summed E-state index contributed by atoms with van der Waals surface area (Å²) in [6.07, 6.45) is 0. The number of ether oxygens (including phenoxy) is 1. The molecule has 0 saturated carbocycles. The zero-order valence-electron chi connectivity index (χ0n) is 15.3. The lowest BCUT2D eigenvalue weighted by Crippen LogP contribution is -2.51. The standard InChI is InChI=1S/C19H23N3O4S/c1-14-13-22(12-11-20-14)19(23)15-7-9-16(10-8-15)27(24,25)21-17-5-3-4-6-18(17)26-2/h3-10,14,20-21H,11-13H2,1-2H3. The molecule has 27 heavy (non-hydrogen) atoms. The Morgan fingerprint density at radius 3 is 2.56 bits per heavy atom. The molecule has 0 bridgehead atoms. The molecule has 7 nitrogen and oxygen atoms in total. The zero-order chi connectivity index (χ0) is 19.4. The Hall–Kier alpha value is -2.58. The van der Waals surface area contributed by atoms with Crippen molar-refractivity contribution in [1.29, 1.82) is 0 Å². The third kappa shape index (κ3) is 4.40. The van der Waals surface area contributed by atoms with Gasteiger partial charge in [-0.05, 0) is 43.3 Å². The van der Waals surface area contributed by atoms with Gasteiger partial charge in [-0.15, -0.1) is 0 Å². The van der Waals surface area contributed by atoms with Crippen molar-refractivity contribution in [3.05, 3.63) is 54.1 Å². The minimum atomic E-state index is -3.79. The molecule has 0 aromatic heterocycles. The Labute approximate surface area is 159 Å². The summed E-state index contributed by atoms with van der Waals surface area (Å²) in [5, 5.41) is 3.29. The molecule has 2 aromatic rings. The number of methoxy groups -OCH3 is 1. The number of hydrogen-bond donors (Lipinski definition) is 2. The number of rotatable bonds is 5. The Morgan fingerprint density at radius 2 is 1.89 bits per heavy atom. The molecular weight excluding hydrogens is 366 g/mol. The highest BCUT2D eigenvalue weighted by Crippen LogP contribution is 2.26. The summed E-state index contributed by atoms with van der Waals surface area (Å²) in [6.45, 7) is 4.05. The number of piperazine rings is 1. The highest BCUT2D eigenvalue weighted by atomic mass is 32.2. The number of anilines is 1. The normalized spacial score (nSPS) is 17.4. The number of amides is 1. The lowest BCUT2D eigenvalue weighted by atomic mass is 10.1. The van der Waals surface area contributed by atoms with E-state index in [0.717, 1.165) is 6.54 Å². The van der Waals surface area contributed by atoms with Gasteiger partial charge in [0.1, 0.15) is 5.75 Å². The summed E-state index contributed by atoms with van der Waals surface area (Å²) >= 11 is 0. The van der Waals surface area contributed by atoms with Crippen LogP contribution < -0.4 is 14.8 Å². The number of hydrogen-bond acceptors (Lipinski definition) is 5. The van der Waals surface area contributed by atoms with Crippen molar-refractivity contribution >= 4 is 21.6 Å². The van der Waals surface area contributed by atoms with E-state index in [4.69, 9.17) is 4.74 Å². The largest absolute Gasteiger partial charge is 0.495 e. The van der Waals surface area contributed by atoms with E-state index in [1.807, 2.05) is 6.92 Å². The van der Waals surface area contributed by atoms with Crippen LogP contribution in [0.5, 0.6) is 5.75 Å². The fourth-order valence-corrected chi connectivity index (χ4v) is 4.08. The monoisotopic (exact) mass is 389 g/mol. The molecule has 3 rings (SSSR count). The quantitative estimate of drug-likeness (QED) is 0.816. The highest BCUT2D eigenvalue weighted by molar-refractivity contribution is 7.92. The van der Waals surface area contributed by atoms with E-state index < -0.39 is 10.0 Å². The van der Waals surface area contributed by atoms with Gasteiger partial charge in [-0.2, -0.15) is 0 Å². The van der Waals surface area contributed by atoms with Crippen LogP contribution in [-0.2, 0) is 10.0 Å². The number of benzene rings is 2. The second-order valence-electron chi connectivity index (χ2n) is 6.44. The van der Waals surface area contributed by atoms with E-state index in [0.29, 0.717) is 30.1 Å². The molecule has 1 heterocycles. The van der Waals surface area contributed by atoms with Crippen LogP contribution >= 0.6 is 0 Å². The lowest BCUT2D eigenvalue weighted by Gasteiger charge is -2.32. The maximum Gasteiger partial charge on any atom is 0.262 e. The minimum Gasteiger partial charge on any atom is -0.495 e. The number of sulfonamides is 1. The summed E-state index contributed by atoms with van der Waals surface area (Å²) in [7, 11) is -2.31. The van der Waals surface area contributed by atoms with E-state index in [2.05, 4.69) is 10.0 Å². The first kappa shape index (κ1) is 19.2. The molecule has 1 aliphatic rings. The number of para-hydroxylation sites is 2. The summed E-state index contributed by atoms with van der Waals surface area (Å²) in [5.74, 6) is 0.339. The SMILES string of the molecule is COc1ccccc1NS(=O)(=O)c1ccc(C(=O)N2CCNC(C)C2)cc1. The van der Waals surface area contributed by atoms with Gasteiger partial charge < -0.3 is 15.0 Å². The molecule has 0 aliphatic carbocycles. The summed E-state index contributed by atoms with van der Waals surface area (Å²) in [6, 6.07) is 13.0. The molecule has 0 spiro atoms. The van der Waals surface area contributed by atoms with Crippen molar-refractivity contribution in [1.82, 2.24) is 10.2 Å². The van der Waals surface area contributed by atoms with E-state index >= 15 is 0 Å². The highest BCUT2D eigenvalue weighted by Gasteiger charge is 2.22. The number of nitrogens with zero attached hydrogens (tertiary/aromatic N) is 1. The van der Waals surface area contributed by atoms with Gasteiger partial charge >= 0.3 is 0 Å². The van der Waals surface area contributed by atoms with Gasteiger partial charge in [0.15, 0.2) is 0 Å². The average molecular weight is 389 g/mol. The van der Waals surface area contributed by atoms with Crippen LogP contribution in [-0.4, -0.2) is 52.0 Å². The van der Waals surface area contributed by atoms with E-state index in [1.54, 1.807) is 41.3 Å². The Bertz CT molecular complexity index is 913. The van der Waals surface area contributed by atoms with Crippen LogP contribution in [0.25, 0.3) is 0 Å². The van der Waals surface area contributed by atoms with Crippen molar-refractivity contribution in [3.63, 3.8) is 0 Å². The van der Waals surface area contributed by atoms with Gasteiger partial charge in [-0.3, -0.25) is 9.52 Å². The molecular formula is C19H23N3O4S. The fraction of sp³-hybridized carbons (Fsp3) is 0.316. The third-order valence-electron chi connectivity index (χ3n) is 4.42. The van der Waals surface area contributed by atoms with Gasteiger partial charge in [-0.1, -0.05) is 12.1 Å². The van der Waals surface area contributed by atoms with Crippen molar-refractivity contribution in [2.45, 2.75) is 17.9 Å². The maximum absolute atomic E-state index is 12.6. The first-order valence-electron chi connectivity index (χ1n) is 8.69. The number of carbonyl (C=O) groups excluding carboxylic acids is 1. The molecule has 1 aliphatic heterocycles. The molecule has 2 aromatic carbocycles. The summed E-state index contributed by atoms with van der Waals surface area (Å²) in [5.41, 5.74) is 0.829. The number of nitrogens with one attached hydrogen (secondary N) is 2. The Kier molecular flexibility index (Phi) is 5.67. The molecule has 8 heteroatoms.